The van der Waals surface area contributed by atoms with Crippen molar-refractivity contribution in [3.63, 3.8) is 0 Å². The molecular formula is C20H19Cl3N2O4. The number of carbonyl (C=O) groups is 2. The van der Waals surface area contributed by atoms with Gasteiger partial charge in [-0.15, -0.1) is 0 Å². The van der Waals surface area contributed by atoms with E-state index in [0.717, 1.165) is 23.7 Å². The molecule has 1 aliphatic carbocycles. The fraction of sp³-hybridized carbons (Fsp3) is 0.300. The Balaban J connectivity index is 1.68. The lowest BCUT2D eigenvalue weighted by Gasteiger charge is -2.14. The van der Waals surface area contributed by atoms with Crippen LogP contribution in [0.4, 0.5) is 5.69 Å². The number of amides is 1. The minimum absolute atomic E-state index is 0.136. The normalized spacial score (nSPS) is 13.1. The summed E-state index contributed by atoms with van der Waals surface area (Å²) in [5.41, 5.74) is 1.75. The van der Waals surface area contributed by atoms with Gasteiger partial charge in [-0.2, -0.15) is 0 Å². The Morgan fingerprint density at radius 2 is 1.83 bits per heavy atom. The number of nitrogens with one attached hydrogen (secondary N) is 2. The van der Waals surface area contributed by atoms with Crippen LogP contribution in [-0.2, 0) is 11.4 Å². The first-order chi connectivity index (χ1) is 13.8. The largest absolute Gasteiger partial charge is 0.486 e. The minimum Gasteiger partial charge on any atom is -0.486 e. The number of aliphatic carboxylic acids is 1. The molecule has 3 rings (SSSR count). The lowest BCUT2D eigenvalue weighted by molar-refractivity contribution is -0.135. The van der Waals surface area contributed by atoms with Gasteiger partial charge < -0.3 is 20.5 Å². The highest BCUT2D eigenvalue weighted by Crippen LogP contribution is 2.36. The first-order valence-corrected chi connectivity index (χ1v) is 10.1. The molecule has 1 amide bonds. The fourth-order valence-electron chi connectivity index (χ4n) is 2.64. The van der Waals surface area contributed by atoms with Crippen molar-refractivity contribution < 1.29 is 19.4 Å². The zero-order chi connectivity index (χ0) is 21.0. The molecule has 0 bridgehead atoms. The summed E-state index contributed by atoms with van der Waals surface area (Å²) in [5.74, 6) is -0.813. The van der Waals surface area contributed by atoms with Crippen LogP contribution in [0.1, 0.15) is 28.8 Å². The van der Waals surface area contributed by atoms with E-state index in [1.165, 1.54) is 25.0 Å². The van der Waals surface area contributed by atoms with Gasteiger partial charge in [0.15, 0.2) is 5.75 Å². The van der Waals surface area contributed by atoms with E-state index in [9.17, 15) is 9.59 Å². The number of ether oxygens (including phenoxy) is 1. The smallest absolute Gasteiger partial charge is 0.322 e. The summed E-state index contributed by atoms with van der Waals surface area (Å²) in [6, 6.07) is 8.39. The van der Waals surface area contributed by atoms with E-state index in [1.807, 2.05) is 18.2 Å². The van der Waals surface area contributed by atoms with Crippen LogP contribution < -0.4 is 15.4 Å². The summed E-state index contributed by atoms with van der Waals surface area (Å²) in [7, 11) is 0. The van der Waals surface area contributed by atoms with Gasteiger partial charge in [0.05, 0.1) is 20.8 Å². The van der Waals surface area contributed by atoms with Crippen molar-refractivity contribution in [1.29, 1.82) is 0 Å². The lowest BCUT2D eigenvalue weighted by atomic mass is 10.2. The van der Waals surface area contributed by atoms with Crippen molar-refractivity contribution in [2.24, 2.45) is 5.92 Å². The summed E-state index contributed by atoms with van der Waals surface area (Å²) in [6.45, 7) is 0.533. The Morgan fingerprint density at radius 1 is 1.14 bits per heavy atom. The van der Waals surface area contributed by atoms with Gasteiger partial charge in [-0.25, -0.2) is 0 Å². The standard InChI is InChI=1S/C20H19Cl3N2O4/c21-14-6-13(20(28)25-9-17(26)27)7-15(22)19(14)29-10-12-2-1-3-16(18(12)23)24-8-11-4-5-11/h1-3,6-7,11,24H,4-5,8-10H2,(H,25,28)(H,26,27). The lowest BCUT2D eigenvalue weighted by Crippen LogP contribution is -2.29. The molecule has 0 unspecified atom stereocenters. The molecule has 9 heteroatoms. The Bertz CT molecular complexity index is 909. The molecule has 29 heavy (non-hydrogen) atoms. The molecule has 6 nitrogen and oxygen atoms in total. The summed E-state index contributed by atoms with van der Waals surface area (Å²) in [6.07, 6.45) is 2.49. The van der Waals surface area contributed by atoms with Crippen molar-refractivity contribution in [3.8, 4) is 5.75 Å². The van der Waals surface area contributed by atoms with Crippen molar-refractivity contribution in [3.05, 3.63) is 56.5 Å². The van der Waals surface area contributed by atoms with Crippen molar-refractivity contribution in [2.75, 3.05) is 18.4 Å². The third-order valence-corrected chi connectivity index (χ3v) is 5.40. The number of carboxylic acids is 1. The van der Waals surface area contributed by atoms with Crippen molar-refractivity contribution in [1.82, 2.24) is 5.32 Å². The van der Waals surface area contributed by atoms with Gasteiger partial charge in [-0.1, -0.05) is 46.9 Å². The number of hydrogen-bond donors (Lipinski definition) is 3. The highest BCUT2D eigenvalue weighted by atomic mass is 35.5. The van der Waals surface area contributed by atoms with Crippen LogP contribution in [0, 0.1) is 5.92 Å². The SMILES string of the molecule is O=C(O)CNC(=O)c1cc(Cl)c(OCc2cccc(NCC3CC3)c2Cl)c(Cl)c1. The Kier molecular flexibility index (Phi) is 7.11. The molecule has 0 spiro atoms. The van der Waals surface area contributed by atoms with Crippen molar-refractivity contribution >= 4 is 52.4 Å². The van der Waals surface area contributed by atoms with E-state index in [1.54, 1.807) is 0 Å². The minimum atomic E-state index is -1.15. The van der Waals surface area contributed by atoms with Gasteiger partial charge in [0, 0.05) is 17.7 Å². The summed E-state index contributed by atoms with van der Waals surface area (Å²) >= 11 is 18.9. The fourth-order valence-corrected chi connectivity index (χ4v) is 3.48. The number of carboxylic acid groups (broad SMARTS) is 1. The molecule has 0 atom stereocenters. The van der Waals surface area contributed by atoms with Gasteiger partial charge in [-0.3, -0.25) is 9.59 Å². The average Bonchev–Trinajstić information content (AvgIpc) is 3.50. The van der Waals surface area contributed by atoms with Crippen LogP contribution in [-0.4, -0.2) is 30.1 Å². The van der Waals surface area contributed by atoms with Crippen LogP contribution in [0.2, 0.25) is 15.1 Å². The van der Waals surface area contributed by atoms with Crippen LogP contribution in [0.15, 0.2) is 30.3 Å². The molecule has 1 fully saturated rings. The molecule has 0 heterocycles. The van der Waals surface area contributed by atoms with Crippen LogP contribution in [0.3, 0.4) is 0 Å². The second-order valence-corrected chi connectivity index (χ2v) is 7.93. The molecule has 2 aromatic carbocycles. The number of halogens is 3. The highest BCUT2D eigenvalue weighted by Gasteiger charge is 2.21. The van der Waals surface area contributed by atoms with E-state index in [4.69, 9.17) is 44.6 Å². The molecular weight excluding hydrogens is 439 g/mol. The molecule has 3 N–H and O–H groups in total. The molecule has 0 aromatic heterocycles. The Labute approximate surface area is 183 Å². The molecule has 0 radical (unpaired) electrons. The Morgan fingerprint density at radius 3 is 2.45 bits per heavy atom. The molecule has 0 saturated heterocycles. The third kappa shape index (κ3) is 5.92. The summed E-state index contributed by atoms with van der Waals surface area (Å²) in [4.78, 5) is 22.6. The van der Waals surface area contributed by atoms with Crippen LogP contribution in [0.5, 0.6) is 5.75 Å². The maximum Gasteiger partial charge on any atom is 0.322 e. The molecule has 2 aromatic rings. The first-order valence-electron chi connectivity index (χ1n) is 8.98. The molecule has 0 aliphatic heterocycles. The molecule has 1 aliphatic rings. The van der Waals surface area contributed by atoms with E-state index in [-0.39, 0.29) is 28.0 Å². The van der Waals surface area contributed by atoms with Gasteiger partial charge >= 0.3 is 5.97 Å². The van der Waals surface area contributed by atoms with Gasteiger partial charge in [0.1, 0.15) is 13.2 Å². The topological polar surface area (TPSA) is 87.7 Å². The second kappa shape index (κ2) is 9.57. The maximum absolute atomic E-state index is 12.0. The van der Waals surface area contributed by atoms with E-state index < -0.39 is 18.4 Å². The number of benzene rings is 2. The monoisotopic (exact) mass is 456 g/mol. The zero-order valence-electron chi connectivity index (χ0n) is 15.3. The van der Waals surface area contributed by atoms with E-state index in [2.05, 4.69) is 10.6 Å². The average molecular weight is 458 g/mol. The predicted octanol–water partition coefficient (Wildman–Crippen LogP) is 4.86. The summed E-state index contributed by atoms with van der Waals surface area (Å²) in [5, 5.41) is 15.1. The van der Waals surface area contributed by atoms with Gasteiger partial charge in [0.2, 0.25) is 0 Å². The molecule has 1 saturated carbocycles. The first kappa shape index (κ1) is 21.6. The van der Waals surface area contributed by atoms with E-state index in [0.29, 0.717) is 5.02 Å². The van der Waals surface area contributed by atoms with Crippen LogP contribution in [0.25, 0.3) is 0 Å². The number of hydrogen-bond acceptors (Lipinski definition) is 4. The van der Waals surface area contributed by atoms with Gasteiger partial charge in [-0.05, 0) is 37.0 Å². The molecule has 154 valence electrons. The zero-order valence-corrected chi connectivity index (χ0v) is 17.6. The third-order valence-electron chi connectivity index (χ3n) is 4.39. The van der Waals surface area contributed by atoms with E-state index >= 15 is 0 Å². The summed E-state index contributed by atoms with van der Waals surface area (Å²) < 4.78 is 5.76. The number of anilines is 1. The second-order valence-electron chi connectivity index (χ2n) is 6.74. The number of rotatable bonds is 9. The van der Waals surface area contributed by atoms with Gasteiger partial charge in [0.25, 0.3) is 5.91 Å². The Hall–Kier alpha value is -2.15. The van der Waals surface area contributed by atoms with Crippen molar-refractivity contribution in [2.45, 2.75) is 19.4 Å². The highest BCUT2D eigenvalue weighted by molar-refractivity contribution is 6.37. The predicted molar refractivity (Wildman–Crippen MR) is 113 cm³/mol. The van der Waals surface area contributed by atoms with Crippen LogP contribution >= 0.6 is 34.8 Å². The number of carbonyl (C=O) groups excluding carboxylic acids is 1. The maximum atomic E-state index is 12.0. The quantitative estimate of drug-likeness (QED) is 0.500.